The second kappa shape index (κ2) is 8.00. The number of nitrogens with one attached hydrogen (secondary N) is 2. The van der Waals surface area contributed by atoms with E-state index >= 15 is 0 Å². The van der Waals surface area contributed by atoms with Gasteiger partial charge < -0.3 is 15.5 Å². The number of benzene rings is 1. The molecule has 2 amide bonds. The molecule has 4 fully saturated rings. The summed E-state index contributed by atoms with van der Waals surface area (Å²) < 4.78 is 0. The third-order valence-electron chi connectivity index (χ3n) is 7.04. The standard InChI is InChI=1S/C22H33N3O.ClH/c1-25(2)9-8-23-20(26)24-16-21-11-17-10-18(12-21)14-22(13-17,15-21)19-6-4-3-5-7-19;/h3-7,17-18H,8-16H2,1-2H3,(H2,23,24,26);1H. The third kappa shape index (κ3) is 4.27. The summed E-state index contributed by atoms with van der Waals surface area (Å²) >= 11 is 0. The topological polar surface area (TPSA) is 44.4 Å². The highest BCUT2D eigenvalue weighted by Crippen LogP contribution is 2.65. The fourth-order valence-electron chi connectivity index (χ4n) is 6.51. The van der Waals surface area contributed by atoms with Gasteiger partial charge in [-0.15, -0.1) is 12.4 Å². The average Bonchev–Trinajstić information content (AvgIpc) is 2.59. The molecule has 4 bridgehead atoms. The number of carbonyl (C=O) groups excluding carboxylic acids is 1. The van der Waals surface area contributed by atoms with E-state index in [0.717, 1.165) is 24.9 Å². The monoisotopic (exact) mass is 391 g/mol. The first-order valence-electron chi connectivity index (χ1n) is 10.2. The number of likely N-dealkylation sites (N-methyl/N-ethyl adjacent to an activating group) is 1. The van der Waals surface area contributed by atoms with Crippen LogP contribution in [-0.2, 0) is 5.41 Å². The van der Waals surface area contributed by atoms with Crippen molar-refractivity contribution in [2.45, 2.75) is 43.9 Å². The quantitative estimate of drug-likeness (QED) is 0.774. The zero-order valence-electron chi connectivity index (χ0n) is 16.7. The molecule has 2 atom stereocenters. The summed E-state index contributed by atoms with van der Waals surface area (Å²) in [5.74, 6) is 1.69. The van der Waals surface area contributed by atoms with E-state index in [1.807, 2.05) is 14.1 Å². The number of amides is 2. The summed E-state index contributed by atoms with van der Waals surface area (Å²) in [6, 6.07) is 11.2. The molecule has 0 heterocycles. The zero-order valence-corrected chi connectivity index (χ0v) is 17.5. The molecule has 27 heavy (non-hydrogen) atoms. The van der Waals surface area contributed by atoms with Gasteiger partial charge in [0.15, 0.2) is 0 Å². The molecule has 150 valence electrons. The number of halogens is 1. The fraction of sp³-hybridized carbons (Fsp3) is 0.682. The molecule has 0 saturated heterocycles. The maximum atomic E-state index is 12.2. The van der Waals surface area contributed by atoms with Gasteiger partial charge in [0.1, 0.15) is 0 Å². The van der Waals surface area contributed by atoms with Crippen molar-refractivity contribution in [1.82, 2.24) is 15.5 Å². The number of carbonyl (C=O) groups is 1. The first-order valence-corrected chi connectivity index (χ1v) is 10.2. The molecule has 5 heteroatoms. The van der Waals surface area contributed by atoms with Gasteiger partial charge in [0.05, 0.1) is 0 Å². The summed E-state index contributed by atoms with van der Waals surface area (Å²) in [5, 5.41) is 6.21. The van der Waals surface area contributed by atoms with Crippen LogP contribution < -0.4 is 10.6 Å². The maximum absolute atomic E-state index is 12.2. The predicted octanol–water partition coefficient (Wildman–Crippen LogP) is 3.81. The van der Waals surface area contributed by atoms with E-state index in [2.05, 4.69) is 45.9 Å². The normalized spacial score (nSPS) is 33.6. The lowest BCUT2D eigenvalue weighted by molar-refractivity contribution is -0.0693. The van der Waals surface area contributed by atoms with Crippen LogP contribution >= 0.6 is 12.4 Å². The molecular weight excluding hydrogens is 358 g/mol. The smallest absolute Gasteiger partial charge is 0.314 e. The van der Waals surface area contributed by atoms with Crippen LogP contribution in [0.25, 0.3) is 0 Å². The highest BCUT2D eigenvalue weighted by molar-refractivity contribution is 5.85. The number of hydrogen-bond donors (Lipinski definition) is 2. The SMILES string of the molecule is CN(C)CCNC(=O)NCC12CC3CC(C1)CC(c1ccccc1)(C3)C2.Cl. The van der Waals surface area contributed by atoms with Crippen molar-refractivity contribution >= 4 is 18.4 Å². The Hall–Kier alpha value is -1.26. The first-order chi connectivity index (χ1) is 12.5. The van der Waals surface area contributed by atoms with Crippen molar-refractivity contribution in [2.75, 3.05) is 33.7 Å². The Kier molecular flexibility index (Phi) is 6.07. The van der Waals surface area contributed by atoms with Crippen LogP contribution in [0, 0.1) is 17.3 Å². The molecule has 4 saturated carbocycles. The lowest BCUT2D eigenvalue weighted by Gasteiger charge is -2.62. The molecule has 2 unspecified atom stereocenters. The van der Waals surface area contributed by atoms with Gasteiger partial charge in [-0.3, -0.25) is 0 Å². The van der Waals surface area contributed by atoms with Gasteiger partial charge in [-0.05, 0) is 80.8 Å². The lowest BCUT2D eigenvalue weighted by Crippen LogP contribution is -2.57. The van der Waals surface area contributed by atoms with Crippen molar-refractivity contribution in [3.8, 4) is 0 Å². The Bertz CT molecular complexity index is 634. The van der Waals surface area contributed by atoms with Crippen LogP contribution in [0.15, 0.2) is 30.3 Å². The summed E-state index contributed by atoms with van der Waals surface area (Å²) in [6.07, 6.45) is 7.96. The molecule has 5 rings (SSSR count). The van der Waals surface area contributed by atoms with Gasteiger partial charge in [-0.2, -0.15) is 0 Å². The van der Waals surface area contributed by atoms with Crippen LogP contribution in [0.2, 0.25) is 0 Å². The number of hydrogen-bond acceptors (Lipinski definition) is 2. The van der Waals surface area contributed by atoms with Gasteiger partial charge in [-0.1, -0.05) is 30.3 Å². The maximum Gasteiger partial charge on any atom is 0.314 e. The number of urea groups is 1. The molecule has 0 radical (unpaired) electrons. The zero-order chi connectivity index (χ0) is 18.2. The van der Waals surface area contributed by atoms with E-state index in [1.165, 1.54) is 44.1 Å². The third-order valence-corrected chi connectivity index (χ3v) is 7.04. The Morgan fingerprint density at radius 3 is 2.37 bits per heavy atom. The minimum absolute atomic E-state index is 0. The molecule has 1 aromatic carbocycles. The molecule has 4 nitrogen and oxygen atoms in total. The van der Waals surface area contributed by atoms with E-state index in [0.29, 0.717) is 17.4 Å². The lowest BCUT2D eigenvalue weighted by atomic mass is 9.43. The van der Waals surface area contributed by atoms with Gasteiger partial charge in [0.25, 0.3) is 0 Å². The molecule has 4 aliphatic carbocycles. The highest BCUT2D eigenvalue weighted by Gasteiger charge is 2.57. The average molecular weight is 392 g/mol. The summed E-state index contributed by atoms with van der Waals surface area (Å²) in [6.45, 7) is 2.41. The second-order valence-corrected chi connectivity index (χ2v) is 9.52. The molecular formula is C22H34ClN3O. The predicted molar refractivity (Wildman–Crippen MR) is 112 cm³/mol. The minimum Gasteiger partial charge on any atom is -0.338 e. The van der Waals surface area contributed by atoms with Crippen molar-refractivity contribution in [3.63, 3.8) is 0 Å². The summed E-state index contributed by atoms with van der Waals surface area (Å²) in [4.78, 5) is 14.3. The van der Waals surface area contributed by atoms with Crippen molar-refractivity contribution < 1.29 is 4.79 Å². The Morgan fingerprint density at radius 2 is 1.74 bits per heavy atom. The molecule has 1 aromatic rings. The van der Waals surface area contributed by atoms with Gasteiger partial charge >= 0.3 is 6.03 Å². The number of rotatable bonds is 6. The Morgan fingerprint density at radius 1 is 1.07 bits per heavy atom. The van der Waals surface area contributed by atoms with Gasteiger partial charge in [0.2, 0.25) is 0 Å². The van der Waals surface area contributed by atoms with Gasteiger partial charge in [-0.25, -0.2) is 4.79 Å². The van der Waals surface area contributed by atoms with Crippen LogP contribution in [0.1, 0.15) is 44.1 Å². The summed E-state index contributed by atoms with van der Waals surface area (Å²) in [7, 11) is 4.05. The molecule has 0 aliphatic heterocycles. The van der Waals surface area contributed by atoms with Crippen molar-refractivity contribution in [1.29, 1.82) is 0 Å². The fourth-order valence-corrected chi connectivity index (χ4v) is 6.51. The first kappa shape index (κ1) is 20.5. The van der Waals surface area contributed by atoms with E-state index in [4.69, 9.17) is 0 Å². The molecule has 2 N–H and O–H groups in total. The van der Waals surface area contributed by atoms with Crippen LogP contribution in [0.4, 0.5) is 4.79 Å². The minimum atomic E-state index is -0.00337. The van der Waals surface area contributed by atoms with Crippen LogP contribution in [0.3, 0.4) is 0 Å². The Labute approximate surface area is 169 Å². The van der Waals surface area contributed by atoms with E-state index in [-0.39, 0.29) is 18.4 Å². The number of nitrogens with zero attached hydrogens (tertiary/aromatic N) is 1. The van der Waals surface area contributed by atoms with Crippen LogP contribution in [0.5, 0.6) is 0 Å². The van der Waals surface area contributed by atoms with E-state index in [1.54, 1.807) is 0 Å². The Balaban J connectivity index is 0.00000210. The van der Waals surface area contributed by atoms with Crippen molar-refractivity contribution in [3.05, 3.63) is 35.9 Å². The van der Waals surface area contributed by atoms with E-state index < -0.39 is 0 Å². The molecule has 4 aliphatic rings. The summed E-state index contributed by atoms with van der Waals surface area (Å²) in [5.41, 5.74) is 2.20. The van der Waals surface area contributed by atoms with E-state index in [9.17, 15) is 4.79 Å². The largest absolute Gasteiger partial charge is 0.338 e. The molecule has 0 aromatic heterocycles. The van der Waals surface area contributed by atoms with Crippen molar-refractivity contribution in [2.24, 2.45) is 17.3 Å². The second-order valence-electron chi connectivity index (χ2n) is 9.52. The molecule has 0 spiro atoms. The van der Waals surface area contributed by atoms with Gasteiger partial charge in [0, 0.05) is 19.6 Å². The highest BCUT2D eigenvalue weighted by atomic mass is 35.5. The van der Waals surface area contributed by atoms with Crippen LogP contribution in [-0.4, -0.2) is 44.7 Å².